The molecule has 0 spiro atoms. The summed E-state index contributed by atoms with van der Waals surface area (Å²) < 4.78 is 11.1. The first-order valence-electron chi connectivity index (χ1n) is 11.1. The Morgan fingerprint density at radius 1 is 1.10 bits per heavy atom. The van der Waals surface area contributed by atoms with Crippen LogP contribution in [0.3, 0.4) is 0 Å². The zero-order valence-corrected chi connectivity index (χ0v) is 17.6. The van der Waals surface area contributed by atoms with E-state index in [1.807, 2.05) is 47.4 Å². The number of carbonyl (C=O) groups is 1. The van der Waals surface area contributed by atoms with Gasteiger partial charge in [0.15, 0.2) is 5.76 Å². The second kappa shape index (κ2) is 8.36. The lowest BCUT2D eigenvalue weighted by molar-refractivity contribution is -0.0232. The van der Waals surface area contributed by atoms with Crippen LogP contribution in [0.5, 0.6) is 0 Å². The van der Waals surface area contributed by atoms with Crippen molar-refractivity contribution in [2.24, 2.45) is 0 Å². The Labute approximate surface area is 181 Å². The van der Waals surface area contributed by atoms with Gasteiger partial charge >= 0.3 is 0 Å². The average molecular weight is 421 g/mol. The van der Waals surface area contributed by atoms with Gasteiger partial charge in [0.1, 0.15) is 11.3 Å². The quantitative estimate of drug-likeness (QED) is 0.668. The number of likely N-dealkylation sites (tertiary alicyclic amines) is 2. The van der Waals surface area contributed by atoms with Gasteiger partial charge in [-0.25, -0.2) is 0 Å². The Bertz CT molecular complexity index is 1070. The lowest BCUT2D eigenvalue weighted by Crippen LogP contribution is -2.42. The molecule has 3 aromatic rings. The van der Waals surface area contributed by atoms with Crippen LogP contribution in [0.2, 0.25) is 0 Å². The number of hydrogen-bond acceptors (Lipinski definition) is 5. The van der Waals surface area contributed by atoms with E-state index in [2.05, 4.69) is 11.0 Å². The van der Waals surface area contributed by atoms with Gasteiger partial charge in [0.2, 0.25) is 0 Å². The van der Waals surface area contributed by atoms with Crippen LogP contribution >= 0.6 is 0 Å². The van der Waals surface area contributed by atoms with E-state index in [1.165, 1.54) is 0 Å². The van der Waals surface area contributed by atoms with Crippen molar-refractivity contribution in [1.82, 2.24) is 9.80 Å². The van der Waals surface area contributed by atoms with Gasteiger partial charge in [-0.05, 0) is 67.7 Å². The van der Waals surface area contributed by atoms with Gasteiger partial charge in [0.05, 0.1) is 11.9 Å². The number of hydrogen-bond donors (Lipinski definition) is 1. The summed E-state index contributed by atoms with van der Waals surface area (Å²) in [7, 11) is 0. The van der Waals surface area contributed by atoms with Gasteiger partial charge in [-0.2, -0.15) is 0 Å². The summed E-state index contributed by atoms with van der Waals surface area (Å²) in [6.07, 6.45) is 9.20. The van der Waals surface area contributed by atoms with Gasteiger partial charge in [-0.15, -0.1) is 0 Å². The minimum Gasteiger partial charge on any atom is -0.465 e. The van der Waals surface area contributed by atoms with Gasteiger partial charge in [0.25, 0.3) is 5.91 Å². The predicted molar refractivity (Wildman–Crippen MR) is 119 cm³/mol. The third-order valence-electron chi connectivity index (χ3n) is 6.53. The third-order valence-corrected chi connectivity index (χ3v) is 6.53. The predicted octanol–water partition coefficient (Wildman–Crippen LogP) is 4.26. The summed E-state index contributed by atoms with van der Waals surface area (Å²) in [5.41, 5.74) is 0.730. The first-order chi connectivity index (χ1) is 15.1. The molecule has 4 heterocycles. The normalized spacial score (nSPS) is 19.6. The van der Waals surface area contributed by atoms with E-state index in [1.54, 1.807) is 6.26 Å². The van der Waals surface area contributed by atoms with E-state index in [0.717, 1.165) is 62.3 Å². The first-order valence-corrected chi connectivity index (χ1v) is 11.1. The summed E-state index contributed by atoms with van der Waals surface area (Å²) in [5, 5.41) is 12.2. The highest BCUT2D eigenvalue weighted by Crippen LogP contribution is 2.35. The second-order valence-corrected chi connectivity index (χ2v) is 8.61. The molecule has 1 aromatic carbocycles. The molecule has 0 bridgehead atoms. The van der Waals surface area contributed by atoms with Crippen molar-refractivity contribution in [3.63, 3.8) is 0 Å². The zero-order valence-electron chi connectivity index (χ0n) is 17.6. The number of amides is 1. The van der Waals surface area contributed by atoms with Crippen molar-refractivity contribution in [3.8, 4) is 0 Å². The van der Waals surface area contributed by atoms with Crippen molar-refractivity contribution >= 4 is 23.0 Å². The third kappa shape index (κ3) is 4.18. The van der Waals surface area contributed by atoms with Crippen LogP contribution in [0.4, 0.5) is 0 Å². The summed E-state index contributed by atoms with van der Waals surface area (Å²) in [4.78, 5) is 16.8. The number of rotatable bonds is 5. The van der Waals surface area contributed by atoms with Crippen LogP contribution in [0.25, 0.3) is 17.0 Å². The molecule has 0 unspecified atom stereocenters. The van der Waals surface area contributed by atoms with Gasteiger partial charge in [-0.1, -0.05) is 12.1 Å². The first kappa shape index (κ1) is 20.1. The Morgan fingerprint density at radius 3 is 2.65 bits per heavy atom. The fraction of sp³-hybridized carbons (Fsp3) is 0.400. The van der Waals surface area contributed by atoms with E-state index in [9.17, 15) is 9.90 Å². The smallest absolute Gasteiger partial charge is 0.289 e. The minimum atomic E-state index is -0.855. The van der Waals surface area contributed by atoms with Crippen molar-refractivity contribution < 1.29 is 18.7 Å². The average Bonchev–Trinajstić information content (AvgIpc) is 3.55. The lowest BCUT2D eigenvalue weighted by Gasteiger charge is -2.38. The largest absolute Gasteiger partial charge is 0.465 e. The standard InChI is InChI=1S/C25H28N2O4/c28-24(27-12-1-2-13-27)23-18-19-17-20(7-8-22(19)31-23)25(29)9-14-26(15-10-25)11-3-5-21-6-4-16-30-21/h3-8,16-18,29H,1-2,9-15H2. The van der Waals surface area contributed by atoms with E-state index < -0.39 is 5.60 Å². The molecule has 162 valence electrons. The fourth-order valence-corrected chi connectivity index (χ4v) is 4.61. The lowest BCUT2D eigenvalue weighted by atomic mass is 9.84. The Kier molecular flexibility index (Phi) is 5.42. The summed E-state index contributed by atoms with van der Waals surface area (Å²) in [6, 6.07) is 11.4. The number of furan rings is 2. The van der Waals surface area contributed by atoms with Crippen LogP contribution in [-0.4, -0.2) is 53.5 Å². The number of fused-ring (bicyclic) bond motifs is 1. The molecule has 2 aromatic heterocycles. The highest BCUT2D eigenvalue weighted by atomic mass is 16.3. The Balaban J connectivity index is 1.25. The van der Waals surface area contributed by atoms with Gasteiger partial charge < -0.3 is 18.8 Å². The minimum absolute atomic E-state index is 0.0372. The summed E-state index contributed by atoms with van der Waals surface area (Å²) in [5.74, 6) is 1.20. The SMILES string of the molecule is O=C(c1cc2cc(C3(O)CCN(CC=Cc4ccco4)CC3)ccc2o1)N1CCCC1. The van der Waals surface area contributed by atoms with Crippen molar-refractivity contribution in [1.29, 1.82) is 0 Å². The van der Waals surface area contributed by atoms with Crippen molar-refractivity contribution in [2.75, 3.05) is 32.7 Å². The van der Waals surface area contributed by atoms with Crippen molar-refractivity contribution in [3.05, 3.63) is 65.8 Å². The molecule has 0 radical (unpaired) electrons. The number of aliphatic hydroxyl groups is 1. The number of piperidine rings is 1. The molecule has 2 aliphatic heterocycles. The molecular weight excluding hydrogens is 392 g/mol. The number of benzene rings is 1. The highest BCUT2D eigenvalue weighted by Gasteiger charge is 2.34. The molecule has 31 heavy (non-hydrogen) atoms. The molecule has 6 nitrogen and oxygen atoms in total. The molecule has 0 aliphatic carbocycles. The Morgan fingerprint density at radius 2 is 1.90 bits per heavy atom. The maximum Gasteiger partial charge on any atom is 0.289 e. The monoisotopic (exact) mass is 420 g/mol. The maximum atomic E-state index is 12.6. The molecular formula is C25H28N2O4. The van der Waals surface area contributed by atoms with E-state index in [0.29, 0.717) is 24.2 Å². The number of nitrogens with zero attached hydrogens (tertiary/aromatic N) is 2. The Hall–Kier alpha value is -2.83. The van der Waals surface area contributed by atoms with E-state index >= 15 is 0 Å². The fourth-order valence-electron chi connectivity index (χ4n) is 4.61. The van der Waals surface area contributed by atoms with E-state index in [-0.39, 0.29) is 5.91 Å². The van der Waals surface area contributed by atoms with E-state index in [4.69, 9.17) is 8.83 Å². The second-order valence-electron chi connectivity index (χ2n) is 8.61. The summed E-state index contributed by atoms with van der Waals surface area (Å²) >= 11 is 0. The van der Waals surface area contributed by atoms with Crippen LogP contribution in [0.1, 0.15) is 47.6 Å². The van der Waals surface area contributed by atoms with Crippen LogP contribution < -0.4 is 0 Å². The van der Waals surface area contributed by atoms with Crippen LogP contribution in [0.15, 0.2) is 57.6 Å². The van der Waals surface area contributed by atoms with Crippen LogP contribution in [0, 0.1) is 0 Å². The molecule has 6 heteroatoms. The molecule has 0 atom stereocenters. The molecule has 2 aliphatic rings. The topological polar surface area (TPSA) is 70.1 Å². The van der Waals surface area contributed by atoms with Gasteiger partial charge in [0, 0.05) is 38.1 Å². The summed E-state index contributed by atoms with van der Waals surface area (Å²) in [6.45, 7) is 4.07. The number of carbonyl (C=O) groups excluding carboxylic acids is 1. The molecule has 0 saturated carbocycles. The molecule has 2 fully saturated rings. The highest BCUT2D eigenvalue weighted by molar-refractivity contribution is 5.96. The molecule has 1 amide bonds. The molecule has 2 saturated heterocycles. The van der Waals surface area contributed by atoms with Crippen LogP contribution in [-0.2, 0) is 5.60 Å². The zero-order chi connectivity index (χ0) is 21.3. The molecule has 1 N–H and O–H groups in total. The van der Waals surface area contributed by atoms with Crippen molar-refractivity contribution in [2.45, 2.75) is 31.3 Å². The molecule has 5 rings (SSSR count). The van der Waals surface area contributed by atoms with Gasteiger partial charge in [-0.3, -0.25) is 9.69 Å². The maximum absolute atomic E-state index is 12.6.